The molecule has 0 unspecified atom stereocenters. The lowest BCUT2D eigenvalue weighted by molar-refractivity contribution is 0.195. The van der Waals surface area contributed by atoms with Crippen molar-refractivity contribution in [3.8, 4) is 0 Å². The Bertz CT molecular complexity index is 474. The molecule has 2 N–H and O–H groups in total. The van der Waals surface area contributed by atoms with E-state index in [0.29, 0.717) is 6.54 Å². The van der Waals surface area contributed by atoms with Crippen LogP contribution in [-0.2, 0) is 11.3 Å². The van der Waals surface area contributed by atoms with Gasteiger partial charge in [0.15, 0.2) is 5.96 Å². The molecule has 1 aliphatic rings. The third-order valence-corrected chi connectivity index (χ3v) is 3.82. The highest BCUT2D eigenvalue weighted by molar-refractivity contribution is 14.0. The largest absolute Gasteiger partial charge is 0.385 e. The molecule has 6 nitrogen and oxygen atoms in total. The Morgan fingerprint density at radius 3 is 2.71 bits per heavy atom. The van der Waals surface area contributed by atoms with E-state index in [-0.39, 0.29) is 24.0 Å². The van der Waals surface area contributed by atoms with Gasteiger partial charge in [-0.2, -0.15) is 0 Å². The summed E-state index contributed by atoms with van der Waals surface area (Å²) in [5.74, 6) is 1.92. The summed E-state index contributed by atoms with van der Waals surface area (Å²) in [4.78, 5) is 11.5. The van der Waals surface area contributed by atoms with Gasteiger partial charge >= 0.3 is 0 Å². The molecule has 1 aliphatic heterocycles. The number of ether oxygens (including phenoxy) is 1. The molecule has 0 bridgehead atoms. The number of aromatic nitrogens is 1. The van der Waals surface area contributed by atoms with Crippen LogP contribution < -0.4 is 15.5 Å². The van der Waals surface area contributed by atoms with Crippen LogP contribution in [0.4, 0.5) is 5.82 Å². The van der Waals surface area contributed by atoms with E-state index in [9.17, 15) is 0 Å². The van der Waals surface area contributed by atoms with Gasteiger partial charge in [0.05, 0.1) is 6.54 Å². The maximum Gasteiger partial charge on any atom is 0.191 e. The maximum atomic E-state index is 5.05. The lowest BCUT2D eigenvalue weighted by Crippen LogP contribution is -2.38. The van der Waals surface area contributed by atoms with E-state index in [1.54, 1.807) is 7.11 Å². The quantitative estimate of drug-likeness (QED) is 0.278. The van der Waals surface area contributed by atoms with Crippen molar-refractivity contribution >= 4 is 35.8 Å². The predicted molar refractivity (Wildman–Crippen MR) is 110 cm³/mol. The van der Waals surface area contributed by atoms with E-state index < -0.39 is 0 Å². The van der Waals surface area contributed by atoms with E-state index in [1.807, 2.05) is 6.20 Å². The molecule has 24 heavy (non-hydrogen) atoms. The Kier molecular flexibility index (Phi) is 10.7. The lowest BCUT2D eigenvalue weighted by Gasteiger charge is -2.16. The second kappa shape index (κ2) is 12.3. The molecule has 2 heterocycles. The first-order valence-corrected chi connectivity index (χ1v) is 8.54. The molecule has 0 aromatic carbocycles. The van der Waals surface area contributed by atoms with Gasteiger partial charge in [-0.25, -0.2) is 9.98 Å². The molecule has 136 valence electrons. The van der Waals surface area contributed by atoms with Crippen molar-refractivity contribution < 1.29 is 4.74 Å². The van der Waals surface area contributed by atoms with Crippen LogP contribution in [0.1, 0.15) is 31.7 Å². The number of anilines is 1. The Hall–Kier alpha value is -1.09. The Labute approximate surface area is 162 Å². The number of rotatable bonds is 8. The van der Waals surface area contributed by atoms with Gasteiger partial charge in [-0.3, -0.25) is 0 Å². The van der Waals surface area contributed by atoms with E-state index in [0.717, 1.165) is 56.5 Å². The van der Waals surface area contributed by atoms with Crippen LogP contribution in [0, 0.1) is 0 Å². The topological polar surface area (TPSA) is 61.8 Å². The SMILES string of the molecule is CCNC(=NCc1ccc(N2CCCC2)nc1)NCCCOC.I. The van der Waals surface area contributed by atoms with Crippen molar-refractivity contribution in [2.45, 2.75) is 32.7 Å². The number of nitrogens with zero attached hydrogens (tertiary/aromatic N) is 3. The first-order valence-electron chi connectivity index (χ1n) is 8.54. The number of pyridine rings is 1. The van der Waals surface area contributed by atoms with E-state index in [1.165, 1.54) is 12.8 Å². The summed E-state index contributed by atoms with van der Waals surface area (Å²) < 4.78 is 5.05. The molecule has 0 atom stereocenters. The summed E-state index contributed by atoms with van der Waals surface area (Å²) in [5, 5.41) is 6.57. The van der Waals surface area contributed by atoms with Crippen molar-refractivity contribution in [1.82, 2.24) is 15.6 Å². The minimum atomic E-state index is 0. The van der Waals surface area contributed by atoms with Crippen LogP contribution >= 0.6 is 24.0 Å². The van der Waals surface area contributed by atoms with Crippen LogP contribution in [0.15, 0.2) is 23.3 Å². The van der Waals surface area contributed by atoms with Crippen LogP contribution in [0.2, 0.25) is 0 Å². The third-order valence-electron chi connectivity index (χ3n) is 3.82. The van der Waals surface area contributed by atoms with Gasteiger partial charge in [0.25, 0.3) is 0 Å². The second-order valence-corrected chi connectivity index (χ2v) is 5.69. The van der Waals surface area contributed by atoms with Crippen molar-refractivity contribution in [3.05, 3.63) is 23.9 Å². The average Bonchev–Trinajstić information content (AvgIpc) is 3.11. The Morgan fingerprint density at radius 2 is 2.08 bits per heavy atom. The summed E-state index contributed by atoms with van der Waals surface area (Å²) in [6, 6.07) is 4.23. The normalized spacial score (nSPS) is 14.4. The molecule has 0 radical (unpaired) electrons. The van der Waals surface area contributed by atoms with Gasteiger partial charge in [-0.05, 0) is 37.8 Å². The zero-order chi connectivity index (χ0) is 16.3. The number of nitrogens with one attached hydrogen (secondary N) is 2. The van der Waals surface area contributed by atoms with Gasteiger partial charge < -0.3 is 20.3 Å². The maximum absolute atomic E-state index is 5.05. The molecule has 1 aromatic heterocycles. The molecule has 1 fully saturated rings. The Morgan fingerprint density at radius 1 is 1.29 bits per heavy atom. The summed E-state index contributed by atoms with van der Waals surface area (Å²) in [7, 11) is 1.72. The minimum absolute atomic E-state index is 0. The molecule has 0 amide bonds. The molecular formula is C17H30IN5O. The van der Waals surface area contributed by atoms with Crippen molar-refractivity contribution in [2.24, 2.45) is 4.99 Å². The summed E-state index contributed by atoms with van der Waals surface area (Å²) in [6.45, 7) is 7.41. The highest BCUT2D eigenvalue weighted by Crippen LogP contribution is 2.17. The van der Waals surface area contributed by atoms with Gasteiger partial charge in [-0.1, -0.05) is 6.07 Å². The molecule has 0 aliphatic carbocycles. The average molecular weight is 447 g/mol. The number of methoxy groups -OCH3 is 1. The molecule has 1 aromatic rings. The fourth-order valence-electron chi connectivity index (χ4n) is 2.58. The molecular weight excluding hydrogens is 417 g/mol. The number of hydrogen-bond acceptors (Lipinski definition) is 4. The number of halogens is 1. The van der Waals surface area contributed by atoms with Crippen LogP contribution in [0.3, 0.4) is 0 Å². The molecule has 0 spiro atoms. The number of hydrogen-bond donors (Lipinski definition) is 2. The Balaban J connectivity index is 0.00000288. The summed E-state index contributed by atoms with van der Waals surface area (Å²) in [5.41, 5.74) is 1.13. The standard InChI is InChI=1S/C17H29N5O.HI/c1-3-18-17(19-9-6-12-23-2)21-14-15-7-8-16(20-13-15)22-10-4-5-11-22;/h7-8,13H,3-6,9-12,14H2,1-2H3,(H2,18,19,21);1H. The monoisotopic (exact) mass is 447 g/mol. The smallest absolute Gasteiger partial charge is 0.191 e. The molecule has 0 saturated carbocycles. The lowest BCUT2D eigenvalue weighted by atomic mass is 10.3. The molecule has 7 heteroatoms. The van der Waals surface area contributed by atoms with Gasteiger partial charge in [0, 0.05) is 46.1 Å². The van der Waals surface area contributed by atoms with Crippen molar-refractivity contribution in [1.29, 1.82) is 0 Å². The molecule has 1 saturated heterocycles. The number of aliphatic imine (C=N–C) groups is 1. The fourth-order valence-corrected chi connectivity index (χ4v) is 2.58. The zero-order valence-electron chi connectivity index (χ0n) is 14.8. The second-order valence-electron chi connectivity index (χ2n) is 5.69. The minimum Gasteiger partial charge on any atom is -0.385 e. The first kappa shape index (κ1) is 21.0. The van der Waals surface area contributed by atoms with E-state index in [4.69, 9.17) is 4.74 Å². The number of guanidine groups is 1. The van der Waals surface area contributed by atoms with Gasteiger partial charge in [0.2, 0.25) is 0 Å². The van der Waals surface area contributed by atoms with Crippen LogP contribution in [0.25, 0.3) is 0 Å². The van der Waals surface area contributed by atoms with Gasteiger partial charge in [0.1, 0.15) is 5.82 Å². The van der Waals surface area contributed by atoms with Crippen LogP contribution in [0.5, 0.6) is 0 Å². The van der Waals surface area contributed by atoms with Gasteiger partial charge in [-0.15, -0.1) is 24.0 Å². The fraction of sp³-hybridized carbons (Fsp3) is 0.647. The van der Waals surface area contributed by atoms with Crippen molar-refractivity contribution in [2.75, 3.05) is 44.8 Å². The first-order chi connectivity index (χ1) is 11.3. The molecule has 2 rings (SSSR count). The van der Waals surface area contributed by atoms with Crippen LogP contribution in [-0.4, -0.2) is 50.8 Å². The predicted octanol–water partition coefficient (Wildman–Crippen LogP) is 2.39. The highest BCUT2D eigenvalue weighted by atomic mass is 127. The zero-order valence-corrected chi connectivity index (χ0v) is 17.1. The summed E-state index contributed by atoms with van der Waals surface area (Å²) >= 11 is 0. The van der Waals surface area contributed by atoms with E-state index >= 15 is 0 Å². The van der Waals surface area contributed by atoms with Crippen molar-refractivity contribution in [3.63, 3.8) is 0 Å². The highest BCUT2D eigenvalue weighted by Gasteiger charge is 2.12. The third kappa shape index (κ3) is 7.21. The van der Waals surface area contributed by atoms with E-state index in [2.05, 4.69) is 44.6 Å². The summed E-state index contributed by atoms with van der Waals surface area (Å²) in [6.07, 6.45) is 5.45.